The highest BCUT2D eigenvalue weighted by Gasteiger charge is 1.55. The molecule has 1 heteroatoms. The molecule has 0 atom stereocenters. The maximum Gasteiger partial charge on any atom is -0.0376 e. The van der Waals surface area contributed by atoms with Crippen LogP contribution in [0.2, 0.25) is 0 Å². The van der Waals surface area contributed by atoms with Crippen molar-refractivity contribution in [3.8, 4) is 0 Å². The smallest absolute Gasteiger partial charge is 0.0376 e. The van der Waals surface area contributed by atoms with Crippen LogP contribution in [0.3, 0.4) is 0 Å². The van der Waals surface area contributed by atoms with Crippen molar-refractivity contribution in [1.82, 2.24) is 0 Å². The second-order valence-corrected chi connectivity index (χ2v) is 1.07. The molecule has 0 aromatic heterocycles. The van der Waals surface area contributed by atoms with E-state index in [1.807, 2.05) is 6.08 Å². The van der Waals surface area contributed by atoms with Crippen molar-refractivity contribution in [2.24, 2.45) is 0 Å². The van der Waals surface area contributed by atoms with Crippen LogP contribution < -0.4 is 0 Å². The third-order valence-electron chi connectivity index (χ3n) is 0.508. The van der Waals surface area contributed by atoms with Crippen LogP contribution in [0.1, 0.15) is 13.3 Å². The van der Waals surface area contributed by atoms with Gasteiger partial charge in [0, 0.05) is 0 Å². The molecule has 0 aromatic rings. The van der Waals surface area contributed by atoms with E-state index in [0.29, 0.717) is 0 Å². The minimum absolute atomic E-state index is 0. The summed E-state index contributed by atoms with van der Waals surface area (Å²) in [6, 6.07) is 0. The van der Waals surface area contributed by atoms with Crippen molar-refractivity contribution in [3.63, 3.8) is 0 Å². The summed E-state index contributed by atoms with van der Waals surface area (Å²) in [6.07, 6.45) is 6.89. The van der Waals surface area contributed by atoms with Gasteiger partial charge in [0.05, 0.1) is 0 Å². The molecule has 0 unspecified atom stereocenters. The minimum Gasteiger partial charge on any atom is -0.269 e. The highest BCUT2D eigenvalue weighted by molar-refractivity contribution is 4.96. The van der Waals surface area contributed by atoms with Crippen molar-refractivity contribution in [3.05, 3.63) is 24.8 Å². The van der Waals surface area contributed by atoms with Gasteiger partial charge < -0.3 is 0 Å². The summed E-state index contributed by atoms with van der Waals surface area (Å²) >= 11 is 0. The summed E-state index contributed by atoms with van der Waals surface area (Å²) in [5.74, 6) is 0. The normalized spacial score (nSPS) is 8.14. The first-order valence-corrected chi connectivity index (χ1v) is 2.19. The van der Waals surface area contributed by atoms with Gasteiger partial charge in [-0.1, -0.05) is 31.7 Å². The van der Waals surface area contributed by atoms with Gasteiger partial charge in [-0.2, -0.15) is 0 Å². The van der Waals surface area contributed by atoms with Gasteiger partial charge in [0.2, 0.25) is 0 Å². The molecule has 7 heavy (non-hydrogen) atoms. The number of hydrogen-bond donors (Lipinski definition) is 0. The maximum absolute atomic E-state index is 3.51. The Kier molecular flexibility index (Phi) is 12.5. The molecule has 0 aromatic carbocycles. The average molecular weight is 102 g/mol. The van der Waals surface area contributed by atoms with Crippen molar-refractivity contribution < 1.29 is 4.70 Å². The minimum atomic E-state index is 0. The Labute approximate surface area is 43.9 Å². The number of rotatable bonds is 2. The van der Waals surface area contributed by atoms with Crippen molar-refractivity contribution in [2.75, 3.05) is 0 Å². The van der Waals surface area contributed by atoms with Gasteiger partial charge in [0.1, 0.15) is 0 Å². The quantitative estimate of drug-likeness (QED) is 0.469. The fraction of sp³-hybridized carbons (Fsp3) is 0.333. The molecule has 0 rings (SSSR count). The first kappa shape index (κ1) is 9.65. The Morgan fingerprint density at radius 3 is 2.29 bits per heavy atom. The van der Waals surface area contributed by atoms with E-state index in [0.717, 1.165) is 6.42 Å². The van der Waals surface area contributed by atoms with E-state index in [-0.39, 0.29) is 4.70 Å². The van der Waals surface area contributed by atoms with Gasteiger partial charge >= 0.3 is 0 Å². The molecule has 0 saturated carbocycles. The largest absolute Gasteiger partial charge is 0.269 e. The Bertz CT molecular complexity index is 55.2. The number of hydrogen-bond acceptors (Lipinski definition) is 0. The Balaban J connectivity index is 0. The molecule has 0 saturated heterocycles. The van der Waals surface area contributed by atoms with E-state index in [4.69, 9.17) is 0 Å². The van der Waals surface area contributed by atoms with Crippen LogP contribution in [0.4, 0.5) is 4.70 Å². The van der Waals surface area contributed by atoms with Gasteiger partial charge in [-0.3, -0.25) is 4.70 Å². The molecule has 0 spiro atoms. The summed E-state index contributed by atoms with van der Waals surface area (Å²) < 4.78 is 0. The standard InChI is InChI=1S/C6H10.FH/c1-3-5-6-4-2;/h3,5-6H,1,4H2,2H3;1H. The highest BCUT2D eigenvalue weighted by atomic mass is 19.0. The fourth-order valence-corrected chi connectivity index (χ4v) is 0.232. The van der Waals surface area contributed by atoms with Crippen LogP contribution in [-0.4, -0.2) is 0 Å². The van der Waals surface area contributed by atoms with Gasteiger partial charge in [-0.15, -0.1) is 0 Å². The van der Waals surface area contributed by atoms with Crippen LogP contribution in [0, 0.1) is 0 Å². The SMILES string of the molecule is C=CC=CCC.F. The van der Waals surface area contributed by atoms with Gasteiger partial charge in [0.25, 0.3) is 0 Å². The van der Waals surface area contributed by atoms with E-state index in [1.54, 1.807) is 6.08 Å². The van der Waals surface area contributed by atoms with Crippen LogP contribution in [-0.2, 0) is 0 Å². The van der Waals surface area contributed by atoms with Crippen LogP contribution in [0.25, 0.3) is 0 Å². The molecular weight excluding hydrogens is 91.1 g/mol. The predicted molar refractivity (Wildman–Crippen MR) is 32.1 cm³/mol. The zero-order chi connectivity index (χ0) is 4.83. The van der Waals surface area contributed by atoms with E-state index in [1.165, 1.54) is 0 Å². The summed E-state index contributed by atoms with van der Waals surface area (Å²) in [6.45, 7) is 5.61. The van der Waals surface area contributed by atoms with Crippen molar-refractivity contribution in [2.45, 2.75) is 13.3 Å². The molecule has 0 amide bonds. The number of halogens is 1. The molecule has 0 heterocycles. The molecule has 0 nitrogen and oxygen atoms in total. The zero-order valence-electron chi connectivity index (χ0n) is 4.55. The van der Waals surface area contributed by atoms with E-state index in [2.05, 4.69) is 19.6 Å². The van der Waals surface area contributed by atoms with Crippen LogP contribution >= 0.6 is 0 Å². The summed E-state index contributed by atoms with van der Waals surface area (Å²) in [7, 11) is 0. The molecule has 0 aliphatic heterocycles. The predicted octanol–water partition coefficient (Wildman–Crippen LogP) is 2.29. The molecule has 0 fully saturated rings. The molecule has 0 aliphatic carbocycles. The lowest BCUT2D eigenvalue weighted by molar-refractivity contribution is 1.11. The zero-order valence-corrected chi connectivity index (χ0v) is 4.55. The topological polar surface area (TPSA) is 0 Å². The van der Waals surface area contributed by atoms with E-state index in [9.17, 15) is 0 Å². The Morgan fingerprint density at radius 1 is 1.57 bits per heavy atom. The monoisotopic (exact) mass is 102 g/mol. The van der Waals surface area contributed by atoms with Gasteiger partial charge in [0.15, 0.2) is 0 Å². The molecule has 0 aliphatic rings. The lowest BCUT2D eigenvalue weighted by Gasteiger charge is -1.67. The van der Waals surface area contributed by atoms with Gasteiger partial charge in [-0.25, -0.2) is 0 Å². The lowest BCUT2D eigenvalue weighted by atomic mass is 10.4. The van der Waals surface area contributed by atoms with Gasteiger partial charge in [-0.05, 0) is 6.42 Å². The Hall–Kier alpha value is -0.590. The first-order valence-electron chi connectivity index (χ1n) is 2.19. The van der Waals surface area contributed by atoms with Crippen molar-refractivity contribution in [1.29, 1.82) is 0 Å². The van der Waals surface area contributed by atoms with Crippen LogP contribution in [0.5, 0.6) is 0 Å². The maximum atomic E-state index is 3.51. The molecule has 0 N–H and O–H groups in total. The molecule has 0 radical (unpaired) electrons. The fourth-order valence-electron chi connectivity index (χ4n) is 0.232. The Morgan fingerprint density at radius 2 is 2.14 bits per heavy atom. The summed E-state index contributed by atoms with van der Waals surface area (Å²) in [5.41, 5.74) is 0. The molecule has 42 valence electrons. The molecular formula is C6H11F. The summed E-state index contributed by atoms with van der Waals surface area (Å²) in [5, 5.41) is 0. The number of allylic oxidation sites excluding steroid dienone is 3. The molecule has 0 bridgehead atoms. The third-order valence-corrected chi connectivity index (χ3v) is 0.508. The second-order valence-electron chi connectivity index (χ2n) is 1.07. The lowest BCUT2D eigenvalue weighted by Crippen LogP contribution is -1.46. The third kappa shape index (κ3) is 10.8. The highest BCUT2D eigenvalue weighted by Crippen LogP contribution is 1.76. The average Bonchev–Trinajstić information content (AvgIpc) is 1.61. The van der Waals surface area contributed by atoms with E-state index < -0.39 is 0 Å². The first-order chi connectivity index (χ1) is 2.91. The van der Waals surface area contributed by atoms with Crippen LogP contribution in [0.15, 0.2) is 24.8 Å². The van der Waals surface area contributed by atoms with Crippen molar-refractivity contribution >= 4 is 0 Å². The second kappa shape index (κ2) is 9.05. The summed E-state index contributed by atoms with van der Waals surface area (Å²) in [4.78, 5) is 0. The van der Waals surface area contributed by atoms with E-state index >= 15 is 0 Å².